The van der Waals surface area contributed by atoms with Gasteiger partial charge in [-0.2, -0.15) is 0 Å². The molecule has 18 heavy (non-hydrogen) atoms. The largest absolute Gasteiger partial charge is 0.476 e. The number of nitrogens with zero attached hydrogens (tertiary/aromatic N) is 1. The number of amides is 1. The highest BCUT2D eigenvalue weighted by Crippen LogP contribution is 2.51. The number of hydrogen-bond donors (Lipinski definition) is 2. The molecule has 1 aromatic rings. The lowest BCUT2D eigenvalue weighted by atomic mass is 10.1. The summed E-state index contributed by atoms with van der Waals surface area (Å²) in [7, 11) is 0. The van der Waals surface area contributed by atoms with Crippen molar-refractivity contribution in [3.8, 4) is 0 Å². The van der Waals surface area contributed by atoms with Crippen LogP contribution in [-0.2, 0) is 11.2 Å². The number of nitrogens with one attached hydrogen (secondary N) is 1. The van der Waals surface area contributed by atoms with Crippen molar-refractivity contribution in [3.63, 3.8) is 0 Å². The number of carbonyl (C=O) groups excluding carboxylic acids is 1. The summed E-state index contributed by atoms with van der Waals surface area (Å²) >= 11 is 1.31. The molecule has 1 aliphatic rings. The van der Waals surface area contributed by atoms with Gasteiger partial charge in [-0.15, -0.1) is 11.3 Å². The maximum Gasteiger partial charge on any atom is 0.355 e. The molecule has 0 spiro atoms. The fraction of sp³-hybridized carbons (Fsp3) is 0.583. The van der Waals surface area contributed by atoms with E-state index in [-0.39, 0.29) is 22.9 Å². The van der Waals surface area contributed by atoms with Crippen molar-refractivity contribution < 1.29 is 14.7 Å². The Morgan fingerprint density at radius 3 is 2.78 bits per heavy atom. The predicted octanol–water partition coefficient (Wildman–Crippen LogP) is 1.55. The summed E-state index contributed by atoms with van der Waals surface area (Å²) in [5.41, 5.74) is 0.214. The topological polar surface area (TPSA) is 79.3 Å². The van der Waals surface area contributed by atoms with Crippen LogP contribution in [0.1, 0.15) is 35.8 Å². The molecule has 5 nitrogen and oxygen atoms in total. The van der Waals surface area contributed by atoms with Gasteiger partial charge in [-0.3, -0.25) is 4.79 Å². The van der Waals surface area contributed by atoms with E-state index in [1.54, 1.807) is 0 Å². The van der Waals surface area contributed by atoms with Crippen LogP contribution < -0.4 is 5.32 Å². The van der Waals surface area contributed by atoms with E-state index >= 15 is 0 Å². The zero-order valence-corrected chi connectivity index (χ0v) is 11.2. The first kappa shape index (κ1) is 13.0. The normalized spacial score (nSPS) is 20.4. The lowest BCUT2D eigenvalue weighted by Crippen LogP contribution is -2.28. The monoisotopic (exact) mass is 268 g/mol. The molecular formula is C12H16N2O3S. The fourth-order valence-electron chi connectivity index (χ4n) is 1.85. The molecule has 0 saturated heterocycles. The van der Waals surface area contributed by atoms with Gasteiger partial charge >= 0.3 is 5.97 Å². The summed E-state index contributed by atoms with van der Waals surface area (Å²) in [6.07, 6.45) is 1.52. The molecule has 0 bridgehead atoms. The molecule has 1 amide bonds. The van der Waals surface area contributed by atoms with Gasteiger partial charge in [-0.25, -0.2) is 9.78 Å². The molecule has 0 aromatic carbocycles. The van der Waals surface area contributed by atoms with E-state index in [0.29, 0.717) is 13.0 Å². The van der Waals surface area contributed by atoms with Crippen molar-refractivity contribution >= 4 is 23.2 Å². The highest BCUT2D eigenvalue weighted by molar-refractivity contribution is 7.09. The number of hydrogen-bond acceptors (Lipinski definition) is 4. The van der Waals surface area contributed by atoms with Gasteiger partial charge < -0.3 is 10.4 Å². The van der Waals surface area contributed by atoms with Crippen LogP contribution in [0, 0.1) is 11.3 Å². The van der Waals surface area contributed by atoms with E-state index in [0.717, 1.165) is 11.4 Å². The molecule has 2 N–H and O–H groups in total. The first-order valence-corrected chi connectivity index (χ1v) is 6.73. The molecule has 0 radical (unpaired) electrons. The van der Waals surface area contributed by atoms with Crippen LogP contribution in [-0.4, -0.2) is 28.5 Å². The summed E-state index contributed by atoms with van der Waals surface area (Å²) in [6, 6.07) is 0. The Bertz CT molecular complexity index is 481. The summed E-state index contributed by atoms with van der Waals surface area (Å²) in [6.45, 7) is 4.67. The maximum atomic E-state index is 11.7. The quantitative estimate of drug-likeness (QED) is 0.849. The van der Waals surface area contributed by atoms with E-state index < -0.39 is 5.97 Å². The molecule has 1 atom stereocenters. The summed E-state index contributed by atoms with van der Waals surface area (Å²) in [4.78, 5) is 26.3. The number of aromatic carboxylic acids is 1. The number of carbonyl (C=O) groups is 2. The number of carboxylic acids is 1. The second-order valence-electron chi connectivity index (χ2n) is 5.22. The molecule has 2 rings (SSSR count). The fourth-order valence-corrected chi connectivity index (χ4v) is 2.63. The van der Waals surface area contributed by atoms with Gasteiger partial charge in [0.05, 0.1) is 5.01 Å². The van der Waals surface area contributed by atoms with Crippen molar-refractivity contribution in [3.05, 3.63) is 16.1 Å². The molecule has 98 valence electrons. The number of aromatic nitrogens is 1. The SMILES string of the molecule is CC1(C)C[C@@H]1C(=O)NCCc1nc(C(=O)O)cs1. The minimum absolute atomic E-state index is 0.0738. The van der Waals surface area contributed by atoms with Crippen LogP contribution in [0.5, 0.6) is 0 Å². The van der Waals surface area contributed by atoms with Crippen LogP contribution in [0.25, 0.3) is 0 Å². The summed E-state index contributed by atoms with van der Waals surface area (Å²) < 4.78 is 0. The Morgan fingerprint density at radius 1 is 1.61 bits per heavy atom. The van der Waals surface area contributed by atoms with Crippen LogP contribution in [0.3, 0.4) is 0 Å². The maximum absolute atomic E-state index is 11.7. The molecule has 1 saturated carbocycles. The van der Waals surface area contributed by atoms with Gasteiger partial charge in [0.2, 0.25) is 5.91 Å². The van der Waals surface area contributed by atoms with Crippen molar-refractivity contribution in [2.24, 2.45) is 11.3 Å². The number of rotatable bonds is 5. The average molecular weight is 268 g/mol. The molecule has 0 unspecified atom stereocenters. The summed E-state index contributed by atoms with van der Waals surface area (Å²) in [5, 5.41) is 13.8. The molecule has 1 heterocycles. The molecule has 1 aliphatic carbocycles. The minimum atomic E-state index is -1.01. The molecule has 1 aromatic heterocycles. The molecule has 0 aliphatic heterocycles. The van der Waals surface area contributed by atoms with E-state index in [4.69, 9.17) is 5.11 Å². The highest BCUT2D eigenvalue weighted by atomic mass is 32.1. The van der Waals surface area contributed by atoms with E-state index in [1.165, 1.54) is 16.7 Å². The average Bonchev–Trinajstić information content (AvgIpc) is 2.75. The van der Waals surface area contributed by atoms with Gasteiger partial charge in [-0.05, 0) is 11.8 Å². The van der Waals surface area contributed by atoms with Gasteiger partial charge in [0.25, 0.3) is 0 Å². The predicted molar refractivity (Wildman–Crippen MR) is 67.7 cm³/mol. The second kappa shape index (κ2) is 4.68. The van der Waals surface area contributed by atoms with Crippen LogP contribution in [0.4, 0.5) is 0 Å². The molecule has 1 fully saturated rings. The third kappa shape index (κ3) is 2.87. The van der Waals surface area contributed by atoms with E-state index in [9.17, 15) is 9.59 Å². The lowest BCUT2D eigenvalue weighted by Gasteiger charge is -2.05. The standard InChI is InChI=1S/C12H16N2O3S/c1-12(2)5-7(12)10(15)13-4-3-9-14-8(6-18-9)11(16)17/h6-7H,3-5H2,1-2H3,(H,13,15)(H,16,17)/t7-/m1/s1. The zero-order valence-electron chi connectivity index (χ0n) is 10.4. The first-order chi connectivity index (χ1) is 8.40. The van der Waals surface area contributed by atoms with Gasteiger partial charge in [0, 0.05) is 24.3 Å². The smallest absolute Gasteiger partial charge is 0.355 e. The van der Waals surface area contributed by atoms with E-state index in [1.807, 2.05) is 0 Å². The molecular weight excluding hydrogens is 252 g/mol. The summed E-state index contributed by atoms with van der Waals surface area (Å²) in [5.74, 6) is -0.792. The second-order valence-corrected chi connectivity index (χ2v) is 6.16. The first-order valence-electron chi connectivity index (χ1n) is 5.85. The highest BCUT2D eigenvalue weighted by Gasteiger charge is 2.50. The van der Waals surface area contributed by atoms with E-state index in [2.05, 4.69) is 24.1 Å². The minimum Gasteiger partial charge on any atom is -0.476 e. The van der Waals surface area contributed by atoms with Crippen molar-refractivity contribution in [1.29, 1.82) is 0 Å². The Hall–Kier alpha value is -1.43. The van der Waals surface area contributed by atoms with Crippen LogP contribution >= 0.6 is 11.3 Å². The van der Waals surface area contributed by atoms with Crippen molar-refractivity contribution in [2.75, 3.05) is 6.54 Å². The molecule has 6 heteroatoms. The van der Waals surface area contributed by atoms with Gasteiger partial charge in [0.1, 0.15) is 0 Å². The van der Waals surface area contributed by atoms with Crippen molar-refractivity contribution in [1.82, 2.24) is 10.3 Å². The number of carboxylic acid groups (broad SMARTS) is 1. The third-order valence-electron chi connectivity index (χ3n) is 3.24. The Balaban J connectivity index is 1.75. The lowest BCUT2D eigenvalue weighted by molar-refractivity contribution is -0.122. The van der Waals surface area contributed by atoms with Gasteiger partial charge in [-0.1, -0.05) is 13.8 Å². The Morgan fingerprint density at radius 2 is 2.28 bits per heavy atom. The van der Waals surface area contributed by atoms with Crippen LogP contribution in [0.2, 0.25) is 0 Å². The van der Waals surface area contributed by atoms with Crippen molar-refractivity contribution in [2.45, 2.75) is 26.7 Å². The Kier molecular flexibility index (Phi) is 3.38. The Labute approximate surface area is 109 Å². The van der Waals surface area contributed by atoms with Gasteiger partial charge in [0.15, 0.2) is 5.69 Å². The zero-order chi connectivity index (χ0) is 13.3. The third-order valence-corrected chi connectivity index (χ3v) is 4.15. The number of thiazole rings is 1. The van der Waals surface area contributed by atoms with Crippen LogP contribution in [0.15, 0.2) is 5.38 Å².